The first kappa shape index (κ1) is 24.9. The van der Waals surface area contributed by atoms with E-state index < -0.39 is 16.7 Å². The van der Waals surface area contributed by atoms with Crippen LogP contribution in [0.25, 0.3) is 0 Å². The van der Waals surface area contributed by atoms with Crippen LogP contribution in [0.3, 0.4) is 0 Å². The van der Waals surface area contributed by atoms with Crippen molar-refractivity contribution in [2.45, 2.75) is 96.8 Å². The maximum atomic E-state index is 13.8. The fourth-order valence-electron chi connectivity index (χ4n) is 7.13. The Morgan fingerprint density at radius 1 is 0.939 bits per heavy atom. The topological polar surface area (TPSA) is 26.3 Å². The molecule has 1 aromatic carbocycles. The first-order valence-electron chi connectivity index (χ1n) is 13.3. The van der Waals surface area contributed by atoms with Crippen LogP contribution in [0.1, 0.15) is 96.8 Å². The molecule has 3 aliphatic carbocycles. The van der Waals surface area contributed by atoms with E-state index >= 15 is 0 Å². The number of hydrogen-bond donors (Lipinski definition) is 0. The van der Waals surface area contributed by atoms with E-state index in [9.17, 15) is 13.6 Å². The monoisotopic (exact) mass is 480 g/mol. The molecule has 1 aromatic rings. The molecule has 0 aromatic heterocycles. The van der Waals surface area contributed by atoms with Crippen LogP contribution in [0.2, 0.25) is 5.02 Å². The predicted octanol–water partition coefficient (Wildman–Crippen LogP) is 8.74. The molecule has 0 heterocycles. The maximum absolute atomic E-state index is 13.8. The summed E-state index contributed by atoms with van der Waals surface area (Å²) in [6.45, 7) is 2.28. The minimum atomic E-state index is -0.901. The van der Waals surface area contributed by atoms with Gasteiger partial charge in [-0.1, -0.05) is 69.9 Å². The van der Waals surface area contributed by atoms with Gasteiger partial charge in [0.15, 0.2) is 0 Å². The van der Waals surface area contributed by atoms with Gasteiger partial charge >= 0.3 is 5.97 Å². The van der Waals surface area contributed by atoms with Crippen molar-refractivity contribution >= 4 is 17.6 Å². The summed E-state index contributed by atoms with van der Waals surface area (Å²) < 4.78 is 33.0. The SMILES string of the molecule is CCCCCC1CCC(C2CCC3C(CCCC3C(=O)Oc3cc(F)c(Cl)c(F)c3)C2)CC1. The van der Waals surface area contributed by atoms with Gasteiger partial charge in [-0.15, -0.1) is 0 Å². The van der Waals surface area contributed by atoms with E-state index in [-0.39, 0.29) is 17.6 Å². The van der Waals surface area contributed by atoms with Crippen molar-refractivity contribution in [3.63, 3.8) is 0 Å². The van der Waals surface area contributed by atoms with Crippen LogP contribution in [-0.4, -0.2) is 5.97 Å². The fraction of sp³-hybridized carbons (Fsp3) is 0.750. The van der Waals surface area contributed by atoms with Crippen LogP contribution in [0, 0.1) is 47.1 Å². The zero-order chi connectivity index (χ0) is 23.4. The average molecular weight is 481 g/mol. The summed E-state index contributed by atoms with van der Waals surface area (Å²) in [5.41, 5.74) is 0. The predicted molar refractivity (Wildman–Crippen MR) is 128 cm³/mol. The molecule has 4 unspecified atom stereocenters. The summed E-state index contributed by atoms with van der Waals surface area (Å²) in [6.07, 6.45) is 17.6. The molecule has 0 N–H and O–H groups in total. The smallest absolute Gasteiger partial charge is 0.314 e. The summed E-state index contributed by atoms with van der Waals surface area (Å²) in [6, 6.07) is 2.00. The molecule has 0 bridgehead atoms. The third-order valence-electron chi connectivity index (χ3n) is 8.94. The molecule has 184 valence electrons. The number of ether oxygens (including phenoxy) is 1. The highest BCUT2D eigenvalue weighted by atomic mass is 35.5. The van der Waals surface area contributed by atoms with Gasteiger partial charge in [-0.3, -0.25) is 4.79 Å². The lowest BCUT2D eigenvalue weighted by molar-refractivity contribution is -0.144. The number of benzene rings is 1. The highest BCUT2D eigenvalue weighted by Crippen LogP contribution is 2.50. The van der Waals surface area contributed by atoms with Crippen LogP contribution >= 0.6 is 11.6 Å². The maximum Gasteiger partial charge on any atom is 0.314 e. The lowest BCUT2D eigenvalue weighted by Crippen LogP contribution is -2.40. The number of rotatable bonds is 7. The van der Waals surface area contributed by atoms with E-state index in [1.165, 1.54) is 70.6 Å². The van der Waals surface area contributed by atoms with E-state index in [2.05, 4.69) is 6.92 Å². The Balaban J connectivity index is 1.30. The van der Waals surface area contributed by atoms with Gasteiger partial charge in [-0.2, -0.15) is 0 Å². The van der Waals surface area contributed by atoms with Gasteiger partial charge in [0.1, 0.15) is 22.4 Å². The van der Waals surface area contributed by atoms with Crippen molar-refractivity contribution in [3.8, 4) is 5.75 Å². The summed E-state index contributed by atoms with van der Waals surface area (Å²) in [5, 5.41) is -0.569. The van der Waals surface area contributed by atoms with Crippen LogP contribution in [0.15, 0.2) is 12.1 Å². The largest absolute Gasteiger partial charge is 0.426 e. The lowest BCUT2D eigenvalue weighted by Gasteiger charge is -2.46. The average Bonchev–Trinajstić information content (AvgIpc) is 2.82. The van der Waals surface area contributed by atoms with E-state index in [1.807, 2.05) is 0 Å². The van der Waals surface area contributed by atoms with Crippen LogP contribution < -0.4 is 4.74 Å². The van der Waals surface area contributed by atoms with Crippen molar-refractivity contribution in [1.82, 2.24) is 0 Å². The number of fused-ring (bicyclic) bond motifs is 1. The van der Waals surface area contributed by atoms with Crippen LogP contribution in [-0.2, 0) is 4.79 Å². The molecule has 5 heteroatoms. The van der Waals surface area contributed by atoms with Crippen molar-refractivity contribution in [2.24, 2.45) is 35.5 Å². The number of carbonyl (C=O) groups excluding carboxylic acids is 1. The van der Waals surface area contributed by atoms with Gasteiger partial charge in [0, 0.05) is 12.1 Å². The third-order valence-corrected chi connectivity index (χ3v) is 9.30. The minimum Gasteiger partial charge on any atom is -0.426 e. The van der Waals surface area contributed by atoms with Gasteiger partial charge in [0.2, 0.25) is 0 Å². The minimum absolute atomic E-state index is 0.0918. The summed E-state index contributed by atoms with van der Waals surface area (Å²) >= 11 is 5.55. The Labute approximate surface area is 202 Å². The van der Waals surface area contributed by atoms with Gasteiger partial charge in [0.25, 0.3) is 0 Å². The van der Waals surface area contributed by atoms with E-state index in [0.717, 1.165) is 49.1 Å². The Morgan fingerprint density at radius 2 is 1.64 bits per heavy atom. The molecule has 2 nitrogen and oxygen atoms in total. The molecule has 3 saturated carbocycles. The second-order valence-electron chi connectivity index (χ2n) is 10.9. The van der Waals surface area contributed by atoms with Crippen LogP contribution in [0.4, 0.5) is 8.78 Å². The van der Waals surface area contributed by atoms with Crippen LogP contribution in [0.5, 0.6) is 5.75 Å². The van der Waals surface area contributed by atoms with Gasteiger partial charge in [-0.05, 0) is 68.1 Å². The Bertz CT molecular complexity index is 782. The molecule has 4 rings (SSSR count). The number of hydrogen-bond acceptors (Lipinski definition) is 2. The normalized spacial score (nSPS) is 32.2. The Kier molecular flexibility index (Phi) is 8.70. The molecular formula is C28H39ClF2O2. The Morgan fingerprint density at radius 3 is 2.33 bits per heavy atom. The molecule has 0 aliphatic heterocycles. The zero-order valence-corrected chi connectivity index (χ0v) is 20.7. The van der Waals surface area contributed by atoms with Crippen molar-refractivity contribution in [3.05, 3.63) is 28.8 Å². The van der Waals surface area contributed by atoms with Gasteiger partial charge in [0.05, 0.1) is 5.92 Å². The molecule has 3 aliphatic rings. The lowest BCUT2D eigenvalue weighted by atomic mass is 9.59. The fourth-order valence-corrected chi connectivity index (χ4v) is 7.24. The highest BCUT2D eigenvalue weighted by Gasteiger charge is 2.43. The molecule has 3 fully saturated rings. The number of unbranched alkanes of at least 4 members (excludes halogenated alkanes) is 2. The molecular weight excluding hydrogens is 442 g/mol. The second-order valence-corrected chi connectivity index (χ2v) is 11.3. The standard InChI is InChI=1S/C28H39ClF2O2/c1-2-3-4-6-18-9-11-19(12-10-18)20-13-14-23-21(15-20)7-5-8-24(23)28(32)33-22-16-25(30)27(29)26(31)17-22/h16-21,23-24H,2-15H2,1H3. The summed E-state index contributed by atoms with van der Waals surface area (Å²) in [5.74, 6) is 1.14. The number of halogens is 3. The molecule has 0 amide bonds. The number of carbonyl (C=O) groups is 1. The van der Waals surface area contributed by atoms with Gasteiger partial charge in [-0.25, -0.2) is 8.78 Å². The van der Waals surface area contributed by atoms with E-state index in [1.54, 1.807) is 0 Å². The first-order valence-corrected chi connectivity index (χ1v) is 13.7. The first-order chi connectivity index (χ1) is 16.0. The molecule has 0 spiro atoms. The van der Waals surface area contributed by atoms with E-state index in [0.29, 0.717) is 11.8 Å². The zero-order valence-electron chi connectivity index (χ0n) is 20.0. The molecule has 0 saturated heterocycles. The molecule has 4 atom stereocenters. The van der Waals surface area contributed by atoms with E-state index in [4.69, 9.17) is 16.3 Å². The quantitative estimate of drug-likeness (QED) is 0.169. The molecule has 33 heavy (non-hydrogen) atoms. The van der Waals surface area contributed by atoms with Crippen molar-refractivity contribution in [2.75, 3.05) is 0 Å². The Hall–Kier alpha value is -1.16. The number of esters is 1. The summed E-state index contributed by atoms with van der Waals surface area (Å²) in [4.78, 5) is 13.0. The van der Waals surface area contributed by atoms with Crippen molar-refractivity contribution < 1.29 is 18.3 Å². The molecule has 0 radical (unpaired) electrons. The highest BCUT2D eigenvalue weighted by molar-refractivity contribution is 6.30. The van der Waals surface area contributed by atoms with Gasteiger partial charge < -0.3 is 4.74 Å². The second kappa shape index (κ2) is 11.5. The van der Waals surface area contributed by atoms with Crippen molar-refractivity contribution in [1.29, 1.82) is 0 Å². The summed E-state index contributed by atoms with van der Waals surface area (Å²) in [7, 11) is 0. The third kappa shape index (κ3) is 6.10.